The molecule has 1 aliphatic heterocycles. The first-order valence-electron chi connectivity index (χ1n) is 5.98. The largest absolute Gasteiger partial charge is 0.384 e. The van der Waals surface area contributed by atoms with Gasteiger partial charge >= 0.3 is 0 Å². The van der Waals surface area contributed by atoms with Gasteiger partial charge in [-0.1, -0.05) is 0 Å². The molecule has 0 bridgehead atoms. The highest BCUT2D eigenvalue weighted by Crippen LogP contribution is 2.33. The molecule has 2 aromatic heterocycles. The average Bonchev–Trinajstić information content (AvgIpc) is 3.04. The molecule has 0 unspecified atom stereocenters. The van der Waals surface area contributed by atoms with Gasteiger partial charge in [-0.2, -0.15) is 0 Å². The van der Waals surface area contributed by atoms with Crippen molar-refractivity contribution in [2.24, 2.45) is 0 Å². The molecule has 3 aromatic rings. The molecule has 4 heteroatoms. The Labute approximate surface area is 109 Å². The van der Waals surface area contributed by atoms with Crippen LogP contribution < -0.4 is 5.32 Å². The van der Waals surface area contributed by atoms with Gasteiger partial charge in [0.2, 0.25) is 0 Å². The summed E-state index contributed by atoms with van der Waals surface area (Å²) >= 11 is 1.72. The molecule has 0 saturated carbocycles. The number of rotatable bonds is 1. The number of anilines is 1. The number of hydrogen-bond donors (Lipinski definition) is 1. The van der Waals surface area contributed by atoms with E-state index in [4.69, 9.17) is 0 Å². The van der Waals surface area contributed by atoms with Crippen LogP contribution in [0, 0.1) is 0 Å². The number of hydrogen-bond acceptors (Lipinski definition) is 4. The Balaban J connectivity index is 1.86. The van der Waals surface area contributed by atoms with Crippen LogP contribution in [0.25, 0.3) is 20.8 Å². The molecule has 0 radical (unpaired) electrons. The van der Waals surface area contributed by atoms with Crippen LogP contribution in [0.15, 0.2) is 36.7 Å². The summed E-state index contributed by atoms with van der Waals surface area (Å²) in [6.45, 7) is 1.04. The molecule has 0 aliphatic carbocycles. The monoisotopic (exact) mass is 253 g/mol. The van der Waals surface area contributed by atoms with Gasteiger partial charge in [-0.15, -0.1) is 11.3 Å². The van der Waals surface area contributed by atoms with Crippen LogP contribution in [0.2, 0.25) is 0 Å². The fourth-order valence-corrected chi connectivity index (χ4v) is 3.27. The summed E-state index contributed by atoms with van der Waals surface area (Å²) in [6, 6.07) is 8.57. The molecule has 0 fully saturated rings. The maximum absolute atomic E-state index is 4.64. The minimum Gasteiger partial charge on any atom is -0.384 e. The van der Waals surface area contributed by atoms with Gasteiger partial charge in [0.1, 0.15) is 10.5 Å². The van der Waals surface area contributed by atoms with E-state index in [1.165, 1.54) is 21.5 Å². The highest BCUT2D eigenvalue weighted by atomic mass is 32.1. The SMILES string of the molecule is c1cc2sc(-c3ccc4c(c3)CCN4)nc2cn1. The van der Waals surface area contributed by atoms with Crippen molar-refractivity contribution in [3.05, 3.63) is 42.2 Å². The maximum atomic E-state index is 4.64. The Bertz CT molecular complexity index is 700. The summed E-state index contributed by atoms with van der Waals surface area (Å²) in [4.78, 5) is 8.76. The number of nitrogens with one attached hydrogen (secondary N) is 1. The lowest BCUT2D eigenvalue weighted by Crippen LogP contribution is -1.90. The van der Waals surface area contributed by atoms with Crippen molar-refractivity contribution in [2.75, 3.05) is 11.9 Å². The van der Waals surface area contributed by atoms with Crippen molar-refractivity contribution in [2.45, 2.75) is 6.42 Å². The lowest BCUT2D eigenvalue weighted by molar-refractivity contribution is 1.11. The standard InChI is InChI=1S/C14H11N3S/c1-2-11-9(3-6-16-11)7-10(1)14-17-12-8-15-5-4-13(12)18-14/h1-2,4-5,7-8,16H,3,6H2. The van der Waals surface area contributed by atoms with Gasteiger partial charge in [0, 0.05) is 24.0 Å². The van der Waals surface area contributed by atoms with E-state index in [2.05, 4.69) is 33.5 Å². The molecular formula is C14H11N3S. The van der Waals surface area contributed by atoms with Crippen molar-refractivity contribution in [3.63, 3.8) is 0 Å². The van der Waals surface area contributed by atoms with Crippen LogP contribution in [-0.4, -0.2) is 16.5 Å². The summed E-state index contributed by atoms with van der Waals surface area (Å²) in [7, 11) is 0. The quantitative estimate of drug-likeness (QED) is 0.723. The molecule has 1 aromatic carbocycles. The summed E-state index contributed by atoms with van der Waals surface area (Å²) in [5.41, 5.74) is 4.85. The third-order valence-electron chi connectivity index (χ3n) is 3.25. The number of thiazole rings is 1. The van der Waals surface area contributed by atoms with E-state index in [0.717, 1.165) is 23.5 Å². The fourth-order valence-electron chi connectivity index (χ4n) is 2.34. The van der Waals surface area contributed by atoms with Crippen molar-refractivity contribution in [1.82, 2.24) is 9.97 Å². The van der Waals surface area contributed by atoms with Crippen LogP contribution in [0.4, 0.5) is 5.69 Å². The summed E-state index contributed by atoms with van der Waals surface area (Å²) in [5.74, 6) is 0. The zero-order valence-electron chi connectivity index (χ0n) is 9.68. The molecule has 3 heterocycles. The van der Waals surface area contributed by atoms with Gasteiger partial charge in [0.15, 0.2) is 0 Å². The zero-order valence-corrected chi connectivity index (χ0v) is 10.5. The Morgan fingerprint density at radius 1 is 1.22 bits per heavy atom. The lowest BCUT2D eigenvalue weighted by Gasteiger charge is -2.01. The van der Waals surface area contributed by atoms with Crippen molar-refractivity contribution >= 4 is 27.2 Å². The minimum absolute atomic E-state index is 0.983. The van der Waals surface area contributed by atoms with Gasteiger partial charge in [-0.05, 0) is 36.2 Å². The maximum Gasteiger partial charge on any atom is 0.124 e. The summed E-state index contributed by atoms with van der Waals surface area (Å²) in [6.07, 6.45) is 4.75. The van der Waals surface area contributed by atoms with E-state index >= 15 is 0 Å². The third-order valence-corrected chi connectivity index (χ3v) is 4.34. The third kappa shape index (κ3) is 1.49. The Kier molecular flexibility index (Phi) is 2.11. The van der Waals surface area contributed by atoms with Crippen LogP contribution in [0.5, 0.6) is 0 Å². The Hall–Kier alpha value is -1.94. The van der Waals surface area contributed by atoms with E-state index in [-0.39, 0.29) is 0 Å². The molecule has 3 nitrogen and oxygen atoms in total. The van der Waals surface area contributed by atoms with E-state index in [9.17, 15) is 0 Å². The first-order valence-corrected chi connectivity index (χ1v) is 6.79. The smallest absolute Gasteiger partial charge is 0.124 e. The average molecular weight is 253 g/mol. The molecule has 4 rings (SSSR count). The Morgan fingerprint density at radius 3 is 3.17 bits per heavy atom. The molecule has 1 aliphatic rings. The fraction of sp³-hybridized carbons (Fsp3) is 0.143. The molecule has 0 amide bonds. The number of pyridine rings is 1. The second kappa shape index (κ2) is 3.78. The van der Waals surface area contributed by atoms with Crippen molar-refractivity contribution in [1.29, 1.82) is 0 Å². The van der Waals surface area contributed by atoms with Crippen molar-refractivity contribution in [3.8, 4) is 10.6 Å². The predicted octanol–water partition coefficient (Wildman–Crippen LogP) is 3.33. The van der Waals surface area contributed by atoms with E-state index in [0.29, 0.717) is 0 Å². The van der Waals surface area contributed by atoms with Crippen molar-refractivity contribution < 1.29 is 0 Å². The van der Waals surface area contributed by atoms with Crippen LogP contribution in [0.3, 0.4) is 0 Å². The van der Waals surface area contributed by atoms with Gasteiger partial charge in [-0.25, -0.2) is 4.98 Å². The second-order valence-corrected chi connectivity index (χ2v) is 5.44. The topological polar surface area (TPSA) is 37.8 Å². The molecule has 88 valence electrons. The predicted molar refractivity (Wildman–Crippen MR) is 75.0 cm³/mol. The van der Waals surface area contributed by atoms with E-state index in [1.54, 1.807) is 11.3 Å². The molecular weight excluding hydrogens is 242 g/mol. The highest BCUT2D eigenvalue weighted by Gasteiger charge is 2.12. The first-order chi connectivity index (χ1) is 8.90. The number of benzene rings is 1. The van der Waals surface area contributed by atoms with Crippen LogP contribution in [-0.2, 0) is 6.42 Å². The van der Waals surface area contributed by atoms with Crippen LogP contribution >= 0.6 is 11.3 Å². The van der Waals surface area contributed by atoms with E-state index in [1.807, 2.05) is 18.5 Å². The molecule has 1 N–H and O–H groups in total. The number of fused-ring (bicyclic) bond motifs is 2. The minimum atomic E-state index is 0.983. The second-order valence-electron chi connectivity index (χ2n) is 4.41. The lowest BCUT2D eigenvalue weighted by atomic mass is 10.1. The van der Waals surface area contributed by atoms with Crippen LogP contribution in [0.1, 0.15) is 5.56 Å². The van der Waals surface area contributed by atoms with Gasteiger partial charge in [-0.3, -0.25) is 4.98 Å². The van der Waals surface area contributed by atoms with Gasteiger partial charge in [0.25, 0.3) is 0 Å². The summed E-state index contributed by atoms with van der Waals surface area (Å²) < 4.78 is 1.19. The normalized spacial score (nSPS) is 13.6. The highest BCUT2D eigenvalue weighted by molar-refractivity contribution is 7.21. The molecule has 0 spiro atoms. The van der Waals surface area contributed by atoms with E-state index < -0.39 is 0 Å². The van der Waals surface area contributed by atoms with Gasteiger partial charge in [0.05, 0.1) is 10.9 Å². The number of aromatic nitrogens is 2. The summed E-state index contributed by atoms with van der Waals surface area (Å²) in [5, 5.41) is 4.45. The molecule has 0 saturated heterocycles. The molecule has 0 atom stereocenters. The molecule has 18 heavy (non-hydrogen) atoms. The zero-order chi connectivity index (χ0) is 11.9. The Morgan fingerprint density at radius 2 is 2.22 bits per heavy atom. The first kappa shape index (κ1) is 10.0. The van der Waals surface area contributed by atoms with Gasteiger partial charge < -0.3 is 5.32 Å². The number of nitrogens with zero attached hydrogens (tertiary/aromatic N) is 2.